The van der Waals surface area contributed by atoms with Crippen molar-refractivity contribution in [3.05, 3.63) is 158 Å². The number of fused-ring (bicyclic) bond motifs is 12. The van der Waals surface area contributed by atoms with Gasteiger partial charge >= 0.3 is 0 Å². The van der Waals surface area contributed by atoms with Crippen LogP contribution in [0.2, 0.25) is 0 Å². The van der Waals surface area contributed by atoms with E-state index in [4.69, 9.17) is 0 Å². The van der Waals surface area contributed by atoms with Crippen molar-refractivity contribution in [2.45, 2.75) is 0 Å². The van der Waals surface area contributed by atoms with Crippen LogP contribution in [0.4, 0.5) is 11.4 Å². The smallest absolute Gasteiger partial charge is 0.252 e. The van der Waals surface area contributed by atoms with E-state index in [9.17, 15) is 0 Å². The standard InChI is InChI=1S/C43H29BN3/c1-3-35-41-38(26-47(2)39-24-10-6-16-29(39)30-17-7-11-25-40(30)47)46-37-23-9-5-15-28(37)32-19-13-21-34(43(32)46)44(41)33-20-12-18-31-27-14-4-8-22-36(27)45(35)42(31)33/h3-26H,1H2,2H3/q+1/b38-26+. The molecule has 0 saturated carbocycles. The number of aromatic nitrogens is 2. The van der Waals surface area contributed by atoms with Gasteiger partial charge in [-0.25, -0.2) is 4.48 Å². The van der Waals surface area contributed by atoms with Gasteiger partial charge in [-0.05, 0) is 46.7 Å². The Balaban J connectivity index is 1.37. The Morgan fingerprint density at radius 2 is 1.04 bits per heavy atom. The zero-order valence-corrected chi connectivity index (χ0v) is 26.0. The van der Waals surface area contributed by atoms with Crippen molar-refractivity contribution >= 4 is 84.0 Å². The zero-order chi connectivity index (χ0) is 31.0. The molecule has 3 aliphatic rings. The second-order valence-electron chi connectivity index (χ2n) is 13.3. The molecule has 3 aliphatic heterocycles. The number of nitrogens with zero attached hydrogens (tertiary/aromatic N) is 3. The summed E-state index contributed by atoms with van der Waals surface area (Å²) < 4.78 is 5.61. The lowest BCUT2D eigenvalue weighted by Gasteiger charge is -2.36. The summed E-state index contributed by atoms with van der Waals surface area (Å²) in [6.45, 7) is 4.56. The molecular weight excluding hydrogens is 569 g/mol. The molecule has 5 heterocycles. The number of allylic oxidation sites excluding steroid dienone is 4. The Labute approximate surface area is 272 Å². The van der Waals surface area contributed by atoms with Crippen LogP contribution in [0.25, 0.3) is 66.1 Å². The molecule has 11 rings (SSSR count). The first-order chi connectivity index (χ1) is 23.2. The van der Waals surface area contributed by atoms with Crippen LogP contribution in [0.1, 0.15) is 0 Å². The summed E-state index contributed by atoms with van der Waals surface area (Å²) in [4.78, 5) is 0. The summed E-state index contributed by atoms with van der Waals surface area (Å²) >= 11 is 0. The fraction of sp³-hybridized carbons (Fsp3) is 0.0233. The maximum atomic E-state index is 4.51. The van der Waals surface area contributed by atoms with Crippen LogP contribution in [0.3, 0.4) is 0 Å². The molecule has 0 unspecified atom stereocenters. The normalized spacial score (nSPS) is 16.4. The molecule has 0 N–H and O–H groups in total. The molecule has 0 fully saturated rings. The highest BCUT2D eigenvalue weighted by Crippen LogP contribution is 2.54. The zero-order valence-electron chi connectivity index (χ0n) is 26.0. The van der Waals surface area contributed by atoms with E-state index in [-0.39, 0.29) is 6.71 Å². The van der Waals surface area contributed by atoms with Crippen LogP contribution in [-0.4, -0.2) is 22.9 Å². The average molecular weight is 599 g/mol. The number of benzene rings is 6. The van der Waals surface area contributed by atoms with Crippen LogP contribution >= 0.6 is 0 Å². The third-order valence-electron chi connectivity index (χ3n) is 11.1. The molecule has 6 aromatic carbocycles. The van der Waals surface area contributed by atoms with Crippen molar-refractivity contribution in [2.24, 2.45) is 0 Å². The summed E-state index contributed by atoms with van der Waals surface area (Å²) in [7, 11) is 2.35. The minimum Gasteiger partial charge on any atom is -0.310 e. The number of hydrogen-bond acceptors (Lipinski definition) is 0. The molecule has 0 amide bonds. The van der Waals surface area contributed by atoms with Gasteiger partial charge in [-0.1, -0.05) is 104 Å². The molecule has 0 spiro atoms. The minimum atomic E-state index is 0.0509. The number of hydrogen-bond donors (Lipinski definition) is 0. The average Bonchev–Trinajstić information content (AvgIpc) is 3.73. The van der Waals surface area contributed by atoms with Gasteiger partial charge in [0.15, 0.2) is 11.4 Å². The highest BCUT2D eigenvalue weighted by molar-refractivity contribution is 6.97. The van der Waals surface area contributed by atoms with E-state index in [1.54, 1.807) is 0 Å². The topological polar surface area (TPSA) is 9.86 Å². The number of rotatable bonds is 2. The predicted molar refractivity (Wildman–Crippen MR) is 201 cm³/mol. The summed E-state index contributed by atoms with van der Waals surface area (Å²) in [6, 6.07) is 49.3. The van der Waals surface area contributed by atoms with Gasteiger partial charge in [-0.3, -0.25) is 0 Å². The van der Waals surface area contributed by atoms with Gasteiger partial charge in [0.2, 0.25) is 0 Å². The first kappa shape index (κ1) is 25.4. The SMILES string of the molecule is C=CC1=C2B(c3cccc4c5ccccc5n1c34)c1cccc3c4ccccc4n(c13)/C2=C/[N+]1(C)c2ccccc2-c2ccccc21. The minimum absolute atomic E-state index is 0.0509. The molecule has 2 aromatic heterocycles. The summed E-state index contributed by atoms with van der Waals surface area (Å²) in [5, 5.41) is 5.15. The van der Waals surface area contributed by atoms with Crippen LogP contribution in [-0.2, 0) is 0 Å². The van der Waals surface area contributed by atoms with E-state index in [0.29, 0.717) is 4.48 Å². The lowest BCUT2D eigenvalue weighted by molar-refractivity contribution is 0.626. The molecule has 47 heavy (non-hydrogen) atoms. The van der Waals surface area contributed by atoms with Crippen LogP contribution < -0.4 is 15.4 Å². The van der Waals surface area contributed by atoms with Gasteiger partial charge < -0.3 is 9.13 Å². The van der Waals surface area contributed by atoms with Crippen molar-refractivity contribution in [3.8, 4) is 11.1 Å². The molecule has 4 heteroatoms. The van der Waals surface area contributed by atoms with Gasteiger partial charge in [0.1, 0.15) is 6.20 Å². The lowest BCUT2D eigenvalue weighted by atomic mass is 9.33. The van der Waals surface area contributed by atoms with E-state index in [2.05, 4.69) is 168 Å². The predicted octanol–water partition coefficient (Wildman–Crippen LogP) is 9.22. The molecule has 0 bridgehead atoms. The van der Waals surface area contributed by atoms with Gasteiger partial charge in [0, 0.05) is 61.5 Å². The van der Waals surface area contributed by atoms with Crippen molar-refractivity contribution in [1.29, 1.82) is 0 Å². The maximum absolute atomic E-state index is 4.51. The summed E-state index contributed by atoms with van der Waals surface area (Å²) in [6.07, 6.45) is 4.62. The lowest BCUT2D eigenvalue weighted by Crippen LogP contribution is -2.51. The Morgan fingerprint density at radius 1 is 0.553 bits per heavy atom. The van der Waals surface area contributed by atoms with Crippen molar-refractivity contribution in [2.75, 3.05) is 7.05 Å². The second-order valence-corrected chi connectivity index (χ2v) is 13.3. The van der Waals surface area contributed by atoms with Gasteiger partial charge in [0.05, 0.1) is 23.8 Å². The van der Waals surface area contributed by atoms with E-state index in [1.807, 2.05) is 0 Å². The first-order valence-electron chi connectivity index (χ1n) is 16.4. The van der Waals surface area contributed by atoms with E-state index in [1.165, 1.54) is 88.2 Å². The summed E-state index contributed by atoms with van der Waals surface area (Å²) in [5.41, 5.74) is 16.5. The molecule has 8 aromatic rings. The summed E-state index contributed by atoms with van der Waals surface area (Å²) in [5.74, 6) is 0. The van der Waals surface area contributed by atoms with Crippen molar-refractivity contribution in [3.63, 3.8) is 0 Å². The Hall–Kier alpha value is -5.84. The van der Waals surface area contributed by atoms with Crippen molar-refractivity contribution < 1.29 is 0 Å². The quantitative estimate of drug-likeness (QED) is 0.139. The van der Waals surface area contributed by atoms with Crippen molar-refractivity contribution in [1.82, 2.24) is 13.6 Å². The van der Waals surface area contributed by atoms with E-state index in [0.717, 1.165) is 5.70 Å². The van der Waals surface area contributed by atoms with E-state index >= 15 is 0 Å². The third-order valence-corrected chi connectivity index (χ3v) is 11.1. The molecule has 0 atom stereocenters. The van der Waals surface area contributed by atoms with Crippen LogP contribution in [0.5, 0.6) is 0 Å². The maximum Gasteiger partial charge on any atom is 0.252 e. The number of quaternary nitrogens is 1. The fourth-order valence-corrected chi connectivity index (χ4v) is 9.26. The number of para-hydroxylation sites is 6. The molecule has 0 saturated heterocycles. The van der Waals surface area contributed by atoms with Gasteiger partial charge in [-0.15, -0.1) is 0 Å². The van der Waals surface area contributed by atoms with Gasteiger partial charge in [0.25, 0.3) is 6.71 Å². The molecular formula is C43H29BN3+. The Morgan fingerprint density at radius 3 is 1.64 bits per heavy atom. The first-order valence-corrected chi connectivity index (χ1v) is 16.4. The van der Waals surface area contributed by atoms with Crippen LogP contribution in [0, 0.1) is 0 Å². The highest BCUT2D eigenvalue weighted by atomic mass is 15.4. The monoisotopic (exact) mass is 598 g/mol. The van der Waals surface area contributed by atoms with Gasteiger partial charge in [-0.2, -0.15) is 0 Å². The second kappa shape index (κ2) is 8.70. The molecule has 0 aliphatic carbocycles. The van der Waals surface area contributed by atoms with E-state index < -0.39 is 0 Å². The molecule has 3 nitrogen and oxygen atoms in total. The largest absolute Gasteiger partial charge is 0.310 e. The Bertz CT molecular complexity index is 2740. The molecule has 218 valence electrons. The van der Waals surface area contributed by atoms with Crippen LogP contribution in [0.15, 0.2) is 158 Å². The fourth-order valence-electron chi connectivity index (χ4n) is 9.26. The Kier molecular flexibility index (Phi) is 4.69. The highest BCUT2D eigenvalue weighted by Gasteiger charge is 2.45. The molecule has 0 radical (unpaired) electrons. The third kappa shape index (κ3) is 2.94.